The Bertz CT molecular complexity index is 787. The van der Waals surface area contributed by atoms with Gasteiger partial charge in [-0.25, -0.2) is 0 Å². The van der Waals surface area contributed by atoms with Gasteiger partial charge in [-0.1, -0.05) is 48.0 Å². The third kappa shape index (κ3) is 4.31. The summed E-state index contributed by atoms with van der Waals surface area (Å²) in [7, 11) is 1.67. The third-order valence-electron chi connectivity index (χ3n) is 4.70. The van der Waals surface area contributed by atoms with E-state index in [1.807, 2.05) is 77.1 Å². The third-order valence-corrected chi connectivity index (χ3v) is 4.70. The van der Waals surface area contributed by atoms with Gasteiger partial charge in [0.2, 0.25) is 11.8 Å². The molecule has 0 aliphatic heterocycles. The van der Waals surface area contributed by atoms with Crippen LogP contribution < -0.4 is 5.32 Å². The average Bonchev–Trinajstić information content (AvgIpc) is 2.58. The molecule has 4 heteroatoms. The van der Waals surface area contributed by atoms with E-state index in [1.165, 1.54) is 4.90 Å². The lowest BCUT2D eigenvalue weighted by Gasteiger charge is -2.29. The molecule has 26 heavy (non-hydrogen) atoms. The molecule has 0 unspecified atom stereocenters. The molecule has 2 aromatic carbocycles. The first kappa shape index (κ1) is 19.7. The Kier molecular flexibility index (Phi) is 5.86. The largest absolute Gasteiger partial charge is 0.336 e. The average molecular weight is 352 g/mol. The topological polar surface area (TPSA) is 49.4 Å². The van der Waals surface area contributed by atoms with Crippen molar-refractivity contribution >= 4 is 17.5 Å². The van der Waals surface area contributed by atoms with Crippen LogP contribution in [-0.2, 0) is 15.0 Å². The molecule has 0 bridgehead atoms. The Hall–Kier alpha value is -2.62. The Morgan fingerprint density at radius 1 is 1.00 bits per heavy atom. The van der Waals surface area contributed by atoms with E-state index in [2.05, 4.69) is 5.32 Å². The Morgan fingerprint density at radius 2 is 1.54 bits per heavy atom. The van der Waals surface area contributed by atoms with E-state index in [9.17, 15) is 9.59 Å². The number of amides is 2. The standard InChI is InChI=1S/C22H28N2O2/c1-15-12-16(2)20(17(3)13-15)23-19(25)14-24(6)21(26)22(4,5)18-10-8-7-9-11-18/h7-13H,14H2,1-6H3,(H,23,25). The molecule has 2 aromatic rings. The zero-order valence-electron chi connectivity index (χ0n) is 16.5. The maximum Gasteiger partial charge on any atom is 0.243 e. The summed E-state index contributed by atoms with van der Waals surface area (Å²) in [6.07, 6.45) is 0. The van der Waals surface area contributed by atoms with Gasteiger partial charge in [-0.3, -0.25) is 9.59 Å². The highest BCUT2D eigenvalue weighted by Crippen LogP contribution is 2.25. The Labute approximate surface area is 156 Å². The number of nitrogens with zero attached hydrogens (tertiary/aromatic N) is 1. The first-order valence-electron chi connectivity index (χ1n) is 8.81. The van der Waals surface area contributed by atoms with E-state index in [1.54, 1.807) is 7.05 Å². The van der Waals surface area contributed by atoms with Crippen molar-refractivity contribution in [2.45, 2.75) is 40.0 Å². The molecule has 0 radical (unpaired) electrons. The lowest BCUT2D eigenvalue weighted by Crippen LogP contribution is -2.44. The Morgan fingerprint density at radius 3 is 2.08 bits per heavy atom. The highest BCUT2D eigenvalue weighted by atomic mass is 16.2. The SMILES string of the molecule is Cc1cc(C)c(NC(=O)CN(C)C(=O)C(C)(C)c2ccccc2)c(C)c1. The molecule has 0 spiro atoms. The van der Waals surface area contributed by atoms with E-state index in [4.69, 9.17) is 0 Å². The van der Waals surface area contributed by atoms with Crippen LogP contribution in [0.25, 0.3) is 0 Å². The fraction of sp³-hybridized carbons (Fsp3) is 0.364. The number of hydrogen-bond donors (Lipinski definition) is 1. The van der Waals surface area contributed by atoms with Crippen LogP contribution in [0.15, 0.2) is 42.5 Å². The minimum absolute atomic E-state index is 0.0157. The minimum atomic E-state index is -0.689. The summed E-state index contributed by atoms with van der Waals surface area (Å²) in [4.78, 5) is 26.8. The Balaban J connectivity index is 2.08. The van der Waals surface area contributed by atoms with Gasteiger partial charge in [0, 0.05) is 12.7 Å². The van der Waals surface area contributed by atoms with Crippen molar-refractivity contribution < 1.29 is 9.59 Å². The highest BCUT2D eigenvalue weighted by molar-refractivity contribution is 5.97. The molecule has 2 amide bonds. The van der Waals surface area contributed by atoms with Crippen LogP contribution in [0.5, 0.6) is 0 Å². The number of likely N-dealkylation sites (N-methyl/N-ethyl adjacent to an activating group) is 1. The van der Waals surface area contributed by atoms with Crippen LogP contribution in [0, 0.1) is 20.8 Å². The maximum absolute atomic E-state index is 12.9. The van der Waals surface area contributed by atoms with Crippen molar-refractivity contribution in [3.8, 4) is 0 Å². The quantitative estimate of drug-likeness (QED) is 0.885. The van der Waals surface area contributed by atoms with Gasteiger partial charge in [-0.05, 0) is 51.3 Å². The number of aryl methyl sites for hydroxylation is 3. The van der Waals surface area contributed by atoms with Crippen molar-refractivity contribution in [1.29, 1.82) is 0 Å². The van der Waals surface area contributed by atoms with Gasteiger partial charge >= 0.3 is 0 Å². The molecule has 0 saturated carbocycles. The number of carbonyl (C=O) groups excluding carboxylic acids is 2. The van der Waals surface area contributed by atoms with Crippen molar-refractivity contribution in [2.75, 3.05) is 18.9 Å². The van der Waals surface area contributed by atoms with Gasteiger partial charge in [0.25, 0.3) is 0 Å². The number of carbonyl (C=O) groups is 2. The minimum Gasteiger partial charge on any atom is -0.336 e. The van der Waals surface area contributed by atoms with Crippen molar-refractivity contribution in [3.05, 3.63) is 64.7 Å². The van der Waals surface area contributed by atoms with Crippen molar-refractivity contribution in [3.63, 3.8) is 0 Å². The fourth-order valence-electron chi connectivity index (χ4n) is 3.30. The monoisotopic (exact) mass is 352 g/mol. The van der Waals surface area contributed by atoms with Crippen LogP contribution in [0.2, 0.25) is 0 Å². The summed E-state index contributed by atoms with van der Waals surface area (Å²) in [5.74, 6) is -0.282. The summed E-state index contributed by atoms with van der Waals surface area (Å²) in [6.45, 7) is 9.76. The van der Waals surface area contributed by atoms with Gasteiger partial charge in [-0.15, -0.1) is 0 Å². The van der Waals surface area contributed by atoms with E-state index < -0.39 is 5.41 Å². The van der Waals surface area contributed by atoms with Crippen LogP contribution in [-0.4, -0.2) is 30.3 Å². The van der Waals surface area contributed by atoms with Crippen LogP contribution in [0.1, 0.15) is 36.1 Å². The normalized spacial score (nSPS) is 11.2. The number of benzene rings is 2. The predicted octanol–water partition coefficient (Wildman–Crippen LogP) is 3.99. The molecular formula is C22H28N2O2. The number of nitrogens with one attached hydrogen (secondary N) is 1. The van der Waals surface area contributed by atoms with Gasteiger partial charge in [0.1, 0.15) is 0 Å². The smallest absolute Gasteiger partial charge is 0.243 e. The van der Waals surface area contributed by atoms with Crippen LogP contribution in [0.3, 0.4) is 0 Å². The lowest BCUT2D eigenvalue weighted by molar-refractivity contribution is -0.137. The van der Waals surface area contributed by atoms with Crippen LogP contribution >= 0.6 is 0 Å². The fourth-order valence-corrected chi connectivity index (χ4v) is 3.30. The van der Waals surface area contributed by atoms with Gasteiger partial charge in [-0.2, -0.15) is 0 Å². The predicted molar refractivity (Wildman–Crippen MR) is 106 cm³/mol. The van der Waals surface area contributed by atoms with Gasteiger partial charge in [0.15, 0.2) is 0 Å². The van der Waals surface area contributed by atoms with E-state index in [0.29, 0.717) is 0 Å². The molecule has 0 saturated heterocycles. The molecule has 0 atom stereocenters. The zero-order valence-corrected chi connectivity index (χ0v) is 16.5. The van der Waals surface area contributed by atoms with E-state index in [-0.39, 0.29) is 18.4 Å². The van der Waals surface area contributed by atoms with Crippen molar-refractivity contribution in [1.82, 2.24) is 4.90 Å². The summed E-state index contributed by atoms with van der Waals surface area (Å²) >= 11 is 0. The second-order valence-corrected chi connectivity index (χ2v) is 7.47. The molecule has 0 aliphatic carbocycles. The molecule has 0 aromatic heterocycles. The molecule has 4 nitrogen and oxygen atoms in total. The zero-order chi connectivity index (χ0) is 19.5. The lowest BCUT2D eigenvalue weighted by atomic mass is 9.83. The molecule has 1 N–H and O–H groups in total. The highest BCUT2D eigenvalue weighted by Gasteiger charge is 2.32. The number of hydrogen-bond acceptors (Lipinski definition) is 2. The number of rotatable bonds is 5. The first-order valence-corrected chi connectivity index (χ1v) is 8.81. The molecule has 0 heterocycles. The second-order valence-electron chi connectivity index (χ2n) is 7.47. The van der Waals surface area contributed by atoms with Gasteiger partial charge in [0.05, 0.1) is 12.0 Å². The van der Waals surface area contributed by atoms with Crippen molar-refractivity contribution in [2.24, 2.45) is 0 Å². The van der Waals surface area contributed by atoms with Crippen LogP contribution in [0.4, 0.5) is 5.69 Å². The molecule has 138 valence electrons. The molecule has 0 fully saturated rings. The summed E-state index contributed by atoms with van der Waals surface area (Å²) < 4.78 is 0. The maximum atomic E-state index is 12.9. The second kappa shape index (κ2) is 7.73. The van der Waals surface area contributed by atoms with E-state index in [0.717, 1.165) is 27.9 Å². The van der Waals surface area contributed by atoms with E-state index >= 15 is 0 Å². The summed E-state index contributed by atoms with van der Waals surface area (Å²) in [5, 5.41) is 2.95. The molecule has 0 aliphatic rings. The number of anilines is 1. The first-order chi connectivity index (χ1) is 12.1. The summed E-state index contributed by atoms with van der Waals surface area (Å²) in [5.41, 5.74) is 4.27. The summed E-state index contributed by atoms with van der Waals surface area (Å²) in [6, 6.07) is 13.7. The molecule has 2 rings (SSSR count). The van der Waals surface area contributed by atoms with Gasteiger partial charge < -0.3 is 10.2 Å². The molecular weight excluding hydrogens is 324 g/mol.